The van der Waals surface area contributed by atoms with Crippen molar-refractivity contribution in [1.82, 2.24) is 25.1 Å². The first-order chi connectivity index (χ1) is 13.5. The number of nitrogens with zero attached hydrogens (tertiary/aromatic N) is 4. The number of thioether (sulfide) groups is 1. The molecule has 7 nitrogen and oxygen atoms in total. The van der Waals surface area contributed by atoms with E-state index in [1.165, 1.54) is 36.0 Å². The highest BCUT2D eigenvalue weighted by Crippen LogP contribution is 2.23. The van der Waals surface area contributed by atoms with Gasteiger partial charge in [0.25, 0.3) is 5.91 Å². The lowest BCUT2D eigenvalue weighted by Gasteiger charge is -2.11. The number of rotatable bonds is 8. The fourth-order valence-electron chi connectivity index (χ4n) is 2.60. The van der Waals surface area contributed by atoms with E-state index in [1.54, 1.807) is 10.9 Å². The van der Waals surface area contributed by atoms with E-state index in [-0.39, 0.29) is 11.7 Å². The zero-order chi connectivity index (χ0) is 20.1. The molecule has 0 aliphatic rings. The second-order valence-corrected chi connectivity index (χ2v) is 7.47. The van der Waals surface area contributed by atoms with E-state index in [2.05, 4.69) is 39.5 Å². The third kappa shape index (κ3) is 4.78. The van der Waals surface area contributed by atoms with Crippen LogP contribution in [-0.2, 0) is 6.54 Å². The van der Waals surface area contributed by atoms with Crippen molar-refractivity contribution < 1.29 is 9.18 Å². The van der Waals surface area contributed by atoms with Gasteiger partial charge in [-0.2, -0.15) is 5.10 Å². The van der Waals surface area contributed by atoms with Crippen LogP contribution in [0, 0.1) is 11.7 Å². The molecule has 0 bridgehead atoms. The molecule has 1 aromatic carbocycles. The van der Waals surface area contributed by atoms with Gasteiger partial charge in [-0.3, -0.25) is 4.79 Å². The van der Waals surface area contributed by atoms with Gasteiger partial charge in [0.2, 0.25) is 0 Å². The van der Waals surface area contributed by atoms with Crippen LogP contribution in [0.2, 0.25) is 0 Å². The number of amides is 1. The molecule has 2 N–H and O–H groups in total. The monoisotopic (exact) mass is 402 g/mol. The lowest BCUT2D eigenvalue weighted by atomic mass is 10.2. The standard InChI is InChI=1S/C19H23FN6OS/c1-12(2)10-22-16-15-11-23-26(17(15)25-19(24-16)28-3)9-8-21-18(27)13-4-6-14(20)7-5-13/h4-7,11-12H,8-10H2,1-3H3,(H,21,27)(H,22,24,25). The summed E-state index contributed by atoms with van der Waals surface area (Å²) in [6, 6.07) is 5.45. The van der Waals surface area contributed by atoms with Crippen LogP contribution in [0.5, 0.6) is 0 Å². The zero-order valence-electron chi connectivity index (χ0n) is 16.1. The molecule has 9 heteroatoms. The minimum absolute atomic E-state index is 0.254. The molecular weight excluding hydrogens is 379 g/mol. The van der Waals surface area contributed by atoms with Crippen molar-refractivity contribution in [3.63, 3.8) is 0 Å². The Morgan fingerprint density at radius 2 is 2.00 bits per heavy atom. The number of benzene rings is 1. The summed E-state index contributed by atoms with van der Waals surface area (Å²) in [5, 5.41) is 12.1. The molecule has 148 valence electrons. The highest BCUT2D eigenvalue weighted by Gasteiger charge is 2.13. The van der Waals surface area contributed by atoms with Crippen LogP contribution in [0.25, 0.3) is 11.0 Å². The van der Waals surface area contributed by atoms with Gasteiger partial charge in [0.1, 0.15) is 11.6 Å². The van der Waals surface area contributed by atoms with Crippen molar-refractivity contribution in [2.24, 2.45) is 5.92 Å². The number of carbonyl (C=O) groups excluding carboxylic acids is 1. The van der Waals surface area contributed by atoms with E-state index in [1.807, 2.05) is 6.26 Å². The molecule has 0 unspecified atom stereocenters. The number of halogens is 1. The van der Waals surface area contributed by atoms with Crippen molar-refractivity contribution in [3.8, 4) is 0 Å². The number of carbonyl (C=O) groups is 1. The first-order valence-electron chi connectivity index (χ1n) is 9.03. The normalized spacial score (nSPS) is 11.2. The number of nitrogens with one attached hydrogen (secondary N) is 2. The van der Waals surface area contributed by atoms with E-state index in [9.17, 15) is 9.18 Å². The van der Waals surface area contributed by atoms with E-state index in [4.69, 9.17) is 0 Å². The Balaban J connectivity index is 1.71. The molecule has 0 aliphatic heterocycles. The fourth-order valence-corrected chi connectivity index (χ4v) is 2.96. The van der Waals surface area contributed by atoms with Crippen LogP contribution in [0.1, 0.15) is 24.2 Å². The lowest BCUT2D eigenvalue weighted by molar-refractivity contribution is 0.0952. The molecule has 1 amide bonds. The van der Waals surface area contributed by atoms with E-state index in [0.717, 1.165) is 23.4 Å². The quantitative estimate of drug-likeness (QED) is 0.445. The topological polar surface area (TPSA) is 84.7 Å². The minimum Gasteiger partial charge on any atom is -0.369 e. The molecular formula is C19H23FN6OS. The summed E-state index contributed by atoms with van der Waals surface area (Å²) in [6.45, 7) is 5.91. The summed E-state index contributed by atoms with van der Waals surface area (Å²) >= 11 is 1.47. The maximum absolute atomic E-state index is 13.0. The number of hydrogen-bond acceptors (Lipinski definition) is 6. The van der Waals surface area contributed by atoms with E-state index < -0.39 is 0 Å². The second kappa shape index (κ2) is 9.01. The molecule has 0 saturated heterocycles. The third-order valence-corrected chi connectivity index (χ3v) is 4.60. The fraction of sp³-hybridized carbons (Fsp3) is 0.368. The molecule has 0 saturated carbocycles. The summed E-state index contributed by atoms with van der Waals surface area (Å²) in [6.07, 6.45) is 3.67. The maximum atomic E-state index is 13.0. The Hall–Kier alpha value is -2.68. The van der Waals surface area contributed by atoms with Crippen molar-refractivity contribution in [2.45, 2.75) is 25.5 Å². The van der Waals surface area contributed by atoms with Gasteiger partial charge in [-0.05, 0) is 36.4 Å². The maximum Gasteiger partial charge on any atom is 0.251 e. The molecule has 0 radical (unpaired) electrons. The van der Waals surface area contributed by atoms with Crippen molar-refractivity contribution >= 4 is 34.5 Å². The highest BCUT2D eigenvalue weighted by molar-refractivity contribution is 7.98. The molecule has 0 spiro atoms. The minimum atomic E-state index is -0.370. The number of hydrogen-bond donors (Lipinski definition) is 2. The number of anilines is 1. The van der Waals surface area contributed by atoms with Gasteiger partial charge in [-0.25, -0.2) is 19.0 Å². The van der Waals surface area contributed by atoms with Crippen LogP contribution in [0.4, 0.5) is 10.2 Å². The van der Waals surface area contributed by atoms with Crippen LogP contribution in [0.3, 0.4) is 0 Å². The SMILES string of the molecule is CSc1nc(NCC(C)C)c2cnn(CCNC(=O)c3ccc(F)cc3)c2n1. The van der Waals surface area contributed by atoms with Crippen LogP contribution >= 0.6 is 11.8 Å². The summed E-state index contributed by atoms with van der Waals surface area (Å²) in [4.78, 5) is 21.3. The van der Waals surface area contributed by atoms with E-state index >= 15 is 0 Å². The molecule has 0 aliphatic carbocycles. The summed E-state index contributed by atoms with van der Waals surface area (Å²) < 4.78 is 14.7. The molecule has 2 heterocycles. The van der Waals surface area contributed by atoms with Crippen molar-refractivity contribution in [3.05, 3.63) is 41.8 Å². The average molecular weight is 402 g/mol. The Kier molecular flexibility index (Phi) is 6.45. The van der Waals surface area contributed by atoms with Gasteiger partial charge in [0.05, 0.1) is 18.1 Å². The molecule has 0 fully saturated rings. The third-order valence-electron chi connectivity index (χ3n) is 4.05. The van der Waals surface area contributed by atoms with Crippen LogP contribution < -0.4 is 10.6 Å². The van der Waals surface area contributed by atoms with Crippen molar-refractivity contribution in [2.75, 3.05) is 24.7 Å². The highest BCUT2D eigenvalue weighted by atomic mass is 32.2. The molecule has 28 heavy (non-hydrogen) atoms. The molecule has 3 rings (SSSR count). The second-order valence-electron chi connectivity index (χ2n) is 6.70. The van der Waals surface area contributed by atoms with Gasteiger partial charge in [0, 0.05) is 18.7 Å². The molecule has 3 aromatic rings. The molecule has 0 atom stereocenters. The summed E-state index contributed by atoms with van der Waals surface area (Å²) in [5.74, 6) is 0.630. The first kappa shape index (κ1) is 20.1. The van der Waals surface area contributed by atoms with Gasteiger partial charge < -0.3 is 10.6 Å². The first-order valence-corrected chi connectivity index (χ1v) is 10.3. The van der Waals surface area contributed by atoms with Gasteiger partial charge in [-0.1, -0.05) is 25.6 Å². The Labute approximate surface area is 167 Å². The van der Waals surface area contributed by atoms with Crippen molar-refractivity contribution in [1.29, 1.82) is 0 Å². The predicted octanol–water partition coefficient (Wildman–Crippen LogP) is 3.19. The number of fused-ring (bicyclic) bond motifs is 1. The largest absolute Gasteiger partial charge is 0.369 e. The van der Waals surface area contributed by atoms with Crippen LogP contribution in [-0.4, -0.2) is 45.0 Å². The smallest absolute Gasteiger partial charge is 0.251 e. The number of aromatic nitrogens is 4. The Bertz CT molecular complexity index is 957. The van der Waals surface area contributed by atoms with Gasteiger partial charge >= 0.3 is 0 Å². The summed E-state index contributed by atoms with van der Waals surface area (Å²) in [5.41, 5.74) is 1.14. The summed E-state index contributed by atoms with van der Waals surface area (Å²) in [7, 11) is 0. The van der Waals surface area contributed by atoms with Gasteiger partial charge in [-0.15, -0.1) is 0 Å². The molecule has 2 aromatic heterocycles. The Morgan fingerprint density at radius 1 is 1.25 bits per heavy atom. The van der Waals surface area contributed by atoms with Gasteiger partial charge in [0.15, 0.2) is 10.8 Å². The Morgan fingerprint density at radius 3 is 2.68 bits per heavy atom. The predicted molar refractivity (Wildman–Crippen MR) is 109 cm³/mol. The zero-order valence-corrected chi connectivity index (χ0v) is 16.9. The van der Waals surface area contributed by atoms with E-state index in [0.29, 0.717) is 29.7 Å². The van der Waals surface area contributed by atoms with Crippen LogP contribution in [0.15, 0.2) is 35.6 Å². The average Bonchev–Trinajstić information content (AvgIpc) is 3.09. The lowest BCUT2D eigenvalue weighted by Crippen LogP contribution is -2.27.